The van der Waals surface area contributed by atoms with Crippen LogP contribution < -0.4 is 15.6 Å². The lowest BCUT2D eigenvalue weighted by atomic mass is 10.1. The summed E-state index contributed by atoms with van der Waals surface area (Å²) in [5.41, 5.74) is 1.01. The molecule has 0 fully saturated rings. The first-order valence-corrected chi connectivity index (χ1v) is 9.68. The van der Waals surface area contributed by atoms with E-state index in [9.17, 15) is 14.4 Å². The fourth-order valence-electron chi connectivity index (χ4n) is 3.37. The molecule has 0 aliphatic carbocycles. The third-order valence-corrected chi connectivity index (χ3v) is 5.12. The molecular weight excluding hydrogens is 410 g/mol. The molecule has 2 heterocycles. The van der Waals surface area contributed by atoms with Crippen LogP contribution in [0.1, 0.15) is 22.6 Å². The number of aryl methyl sites for hydroxylation is 1. The highest BCUT2D eigenvalue weighted by Gasteiger charge is 2.18. The fourth-order valence-corrected chi connectivity index (χ4v) is 3.62. The third-order valence-electron chi connectivity index (χ3n) is 4.82. The van der Waals surface area contributed by atoms with E-state index < -0.39 is 18.5 Å². The number of esters is 1. The van der Waals surface area contributed by atoms with Gasteiger partial charge in [-0.15, -0.1) is 0 Å². The normalized spacial score (nSPS) is 12.5. The number of amides is 1. The Labute approximate surface area is 176 Å². The maximum atomic E-state index is 12.5. The van der Waals surface area contributed by atoms with Crippen LogP contribution in [0.4, 0.5) is 5.69 Å². The van der Waals surface area contributed by atoms with Gasteiger partial charge in [0.15, 0.2) is 6.61 Å². The second-order valence-corrected chi connectivity index (χ2v) is 7.20. The minimum absolute atomic E-state index is 0.107. The van der Waals surface area contributed by atoms with Crippen LogP contribution in [0.5, 0.6) is 5.75 Å². The van der Waals surface area contributed by atoms with Crippen molar-refractivity contribution in [1.29, 1.82) is 0 Å². The number of carbonyl (C=O) groups excluding carboxylic acids is 2. The van der Waals surface area contributed by atoms with E-state index in [4.69, 9.17) is 21.1 Å². The number of benzene rings is 2. The van der Waals surface area contributed by atoms with Crippen molar-refractivity contribution in [3.8, 4) is 5.75 Å². The summed E-state index contributed by atoms with van der Waals surface area (Å²) in [6.07, 6.45) is 1.61. The maximum absolute atomic E-state index is 12.5. The molecule has 3 aromatic rings. The molecular formula is C21H18ClN3O5. The molecule has 154 valence electrons. The molecule has 1 N–H and O–H groups in total. The second kappa shape index (κ2) is 8.16. The molecule has 0 spiro atoms. The summed E-state index contributed by atoms with van der Waals surface area (Å²) in [5.74, 6) is 0.00797. The van der Waals surface area contributed by atoms with Crippen LogP contribution in [0.25, 0.3) is 10.9 Å². The number of ether oxygens (including phenoxy) is 2. The van der Waals surface area contributed by atoms with Gasteiger partial charge in [0.25, 0.3) is 11.5 Å². The third kappa shape index (κ3) is 3.86. The topological polar surface area (TPSA) is 99.5 Å². The summed E-state index contributed by atoms with van der Waals surface area (Å²) in [4.78, 5) is 41.4. The van der Waals surface area contributed by atoms with Gasteiger partial charge in [-0.3, -0.25) is 14.2 Å². The Morgan fingerprint density at radius 1 is 1.23 bits per heavy atom. The lowest BCUT2D eigenvalue weighted by molar-refractivity contribution is -0.119. The quantitative estimate of drug-likeness (QED) is 0.628. The van der Waals surface area contributed by atoms with Gasteiger partial charge < -0.3 is 14.8 Å². The van der Waals surface area contributed by atoms with Gasteiger partial charge in [-0.2, -0.15) is 0 Å². The highest BCUT2D eigenvalue weighted by molar-refractivity contribution is 6.32. The van der Waals surface area contributed by atoms with Crippen molar-refractivity contribution < 1.29 is 19.1 Å². The van der Waals surface area contributed by atoms with Crippen molar-refractivity contribution in [3.63, 3.8) is 0 Å². The molecule has 0 bridgehead atoms. The molecule has 1 aliphatic heterocycles. The van der Waals surface area contributed by atoms with Crippen LogP contribution in [0.15, 0.2) is 41.2 Å². The maximum Gasteiger partial charge on any atom is 0.338 e. The number of rotatable bonds is 5. The summed E-state index contributed by atoms with van der Waals surface area (Å²) in [6.45, 7) is 0.191. The van der Waals surface area contributed by atoms with Gasteiger partial charge >= 0.3 is 5.97 Å². The monoisotopic (exact) mass is 427 g/mol. The molecule has 8 nitrogen and oxygen atoms in total. The number of methoxy groups -OCH3 is 1. The van der Waals surface area contributed by atoms with Crippen LogP contribution in [0.2, 0.25) is 5.02 Å². The van der Waals surface area contributed by atoms with E-state index in [2.05, 4.69) is 10.3 Å². The zero-order valence-corrected chi connectivity index (χ0v) is 16.9. The number of aromatic nitrogens is 2. The Kier molecular flexibility index (Phi) is 5.41. The number of nitrogens with one attached hydrogen (secondary N) is 1. The first-order chi connectivity index (χ1) is 14.5. The molecule has 30 heavy (non-hydrogen) atoms. The predicted octanol–water partition coefficient (Wildman–Crippen LogP) is 2.80. The van der Waals surface area contributed by atoms with Crippen LogP contribution in [0.3, 0.4) is 0 Å². The number of halogens is 1. The van der Waals surface area contributed by atoms with Gasteiger partial charge in [0.1, 0.15) is 11.6 Å². The summed E-state index contributed by atoms with van der Waals surface area (Å²) >= 11 is 6.02. The van der Waals surface area contributed by atoms with Crippen molar-refractivity contribution in [1.82, 2.24) is 9.55 Å². The van der Waals surface area contributed by atoms with Crippen molar-refractivity contribution in [2.75, 3.05) is 19.0 Å². The molecule has 0 radical (unpaired) electrons. The lowest BCUT2D eigenvalue weighted by Crippen LogP contribution is -2.22. The van der Waals surface area contributed by atoms with Gasteiger partial charge in [-0.05, 0) is 42.8 Å². The van der Waals surface area contributed by atoms with E-state index in [1.165, 1.54) is 25.3 Å². The van der Waals surface area contributed by atoms with Crippen molar-refractivity contribution >= 4 is 40.1 Å². The van der Waals surface area contributed by atoms with Gasteiger partial charge in [0.2, 0.25) is 0 Å². The van der Waals surface area contributed by atoms with Gasteiger partial charge in [-0.1, -0.05) is 11.6 Å². The summed E-state index contributed by atoms with van der Waals surface area (Å²) in [7, 11) is 1.49. The Morgan fingerprint density at radius 2 is 2.07 bits per heavy atom. The lowest BCUT2D eigenvalue weighted by Gasteiger charge is -2.09. The summed E-state index contributed by atoms with van der Waals surface area (Å²) < 4.78 is 11.8. The Morgan fingerprint density at radius 3 is 2.83 bits per heavy atom. The molecule has 4 rings (SSSR count). The SMILES string of the molecule is COc1ccc(NC(=O)COC(=O)c2ccc3c(=O)n4c(nc3c2)CCC4)cc1Cl. The number of fused-ring (bicyclic) bond motifs is 2. The first-order valence-electron chi connectivity index (χ1n) is 9.30. The largest absolute Gasteiger partial charge is 0.495 e. The van der Waals surface area contributed by atoms with E-state index >= 15 is 0 Å². The van der Waals surface area contributed by atoms with E-state index in [0.29, 0.717) is 33.9 Å². The van der Waals surface area contributed by atoms with Gasteiger partial charge in [-0.25, -0.2) is 9.78 Å². The Hall–Kier alpha value is -3.39. The van der Waals surface area contributed by atoms with Crippen LogP contribution in [0, 0.1) is 0 Å². The van der Waals surface area contributed by atoms with Gasteiger partial charge in [0, 0.05) is 18.7 Å². The molecule has 0 unspecified atom stereocenters. The highest BCUT2D eigenvalue weighted by atomic mass is 35.5. The van der Waals surface area contributed by atoms with Crippen molar-refractivity contribution in [3.05, 3.63) is 63.2 Å². The average molecular weight is 428 g/mol. The molecule has 1 amide bonds. The van der Waals surface area contributed by atoms with E-state index in [0.717, 1.165) is 18.7 Å². The number of hydrogen-bond donors (Lipinski definition) is 1. The van der Waals surface area contributed by atoms with E-state index in [1.807, 2.05) is 0 Å². The minimum Gasteiger partial charge on any atom is -0.495 e. The first kappa shape index (κ1) is 19.9. The van der Waals surface area contributed by atoms with Crippen molar-refractivity contribution in [2.24, 2.45) is 0 Å². The molecule has 0 saturated carbocycles. The van der Waals surface area contributed by atoms with E-state index in [-0.39, 0.29) is 11.1 Å². The van der Waals surface area contributed by atoms with Crippen LogP contribution >= 0.6 is 11.6 Å². The zero-order valence-electron chi connectivity index (χ0n) is 16.1. The smallest absolute Gasteiger partial charge is 0.338 e. The minimum atomic E-state index is -0.679. The summed E-state index contributed by atoms with van der Waals surface area (Å²) in [5, 5.41) is 3.39. The van der Waals surface area contributed by atoms with Gasteiger partial charge in [0.05, 0.1) is 28.6 Å². The van der Waals surface area contributed by atoms with Crippen molar-refractivity contribution in [2.45, 2.75) is 19.4 Å². The zero-order chi connectivity index (χ0) is 21.3. The molecule has 0 saturated heterocycles. The van der Waals surface area contributed by atoms with Crippen LogP contribution in [-0.2, 0) is 22.5 Å². The highest BCUT2D eigenvalue weighted by Crippen LogP contribution is 2.27. The van der Waals surface area contributed by atoms with E-state index in [1.54, 1.807) is 22.8 Å². The number of carbonyl (C=O) groups is 2. The standard InChI is InChI=1S/C21H18ClN3O5/c1-29-17-7-5-13(10-15(17)22)23-19(26)11-30-21(28)12-4-6-14-16(9-12)24-18-3-2-8-25(18)20(14)27/h4-7,9-10H,2-3,8,11H2,1H3,(H,23,26). The molecule has 1 aliphatic rings. The number of hydrogen-bond acceptors (Lipinski definition) is 6. The Bertz CT molecular complexity index is 1220. The summed E-state index contributed by atoms with van der Waals surface area (Å²) in [6, 6.07) is 9.34. The fraction of sp³-hybridized carbons (Fsp3) is 0.238. The van der Waals surface area contributed by atoms with Crippen LogP contribution in [-0.4, -0.2) is 35.1 Å². The number of anilines is 1. The Balaban J connectivity index is 1.43. The molecule has 0 atom stereocenters. The predicted molar refractivity (Wildman–Crippen MR) is 111 cm³/mol. The molecule has 2 aromatic carbocycles. The average Bonchev–Trinajstić information content (AvgIpc) is 3.21. The number of nitrogens with zero attached hydrogens (tertiary/aromatic N) is 2. The molecule has 1 aromatic heterocycles. The molecule has 9 heteroatoms. The second-order valence-electron chi connectivity index (χ2n) is 6.79.